The lowest BCUT2D eigenvalue weighted by Crippen LogP contribution is -2.30. The third-order valence-corrected chi connectivity index (χ3v) is 12.2. The lowest BCUT2D eigenvalue weighted by atomic mass is 10.1. The first-order valence-electron chi connectivity index (χ1n) is 29.4. The van der Waals surface area contributed by atoms with Crippen LogP contribution in [-0.4, -0.2) is 37.2 Å². The van der Waals surface area contributed by atoms with E-state index in [1.54, 1.807) is 0 Å². The van der Waals surface area contributed by atoms with Gasteiger partial charge in [-0.2, -0.15) is 0 Å². The van der Waals surface area contributed by atoms with Crippen LogP contribution in [0.2, 0.25) is 0 Å². The maximum Gasteiger partial charge on any atom is 0.306 e. The van der Waals surface area contributed by atoms with Gasteiger partial charge in [-0.05, 0) is 122 Å². The highest BCUT2D eigenvalue weighted by Gasteiger charge is 2.19. The number of hydrogen-bond acceptors (Lipinski definition) is 6. The van der Waals surface area contributed by atoms with Gasteiger partial charge in [0.1, 0.15) is 13.2 Å². The molecule has 0 spiro atoms. The molecule has 404 valence electrons. The van der Waals surface area contributed by atoms with Crippen molar-refractivity contribution in [1.82, 2.24) is 0 Å². The van der Waals surface area contributed by atoms with Crippen molar-refractivity contribution in [3.63, 3.8) is 0 Å². The molecule has 0 N–H and O–H groups in total. The standard InChI is InChI=1S/C65H108O6/c1-4-7-10-13-16-19-22-25-28-30-31-32-33-35-37-40-43-46-49-52-55-58-64(67)70-61-62(60-69-63(66)57-54-51-48-45-42-39-36-27-24-21-18-15-12-9-6-3)71-65(68)59-56-53-50-47-44-41-38-34-29-26-23-20-17-14-11-8-5-2/h7,9-10,12,16,18-19,21,25-29,31-32,36,42,45,62H,4-6,8,11,13-15,17,20,22-24,30,33-35,37-41,43-44,46-61H2,1-3H3/b10-7-,12-9-,19-16-,21-18-,28-25-,29-26-,32-31-,36-27-,45-42-. The number of rotatable bonds is 52. The molecule has 71 heavy (non-hydrogen) atoms. The normalized spacial score (nSPS) is 12.9. The first-order valence-corrected chi connectivity index (χ1v) is 29.4. The zero-order chi connectivity index (χ0) is 51.4. The Kier molecular flexibility index (Phi) is 55.4. The van der Waals surface area contributed by atoms with Gasteiger partial charge in [0.05, 0.1) is 0 Å². The van der Waals surface area contributed by atoms with Crippen LogP contribution in [0.3, 0.4) is 0 Å². The number of ether oxygens (including phenoxy) is 3. The summed E-state index contributed by atoms with van der Waals surface area (Å²) in [5.41, 5.74) is 0. The van der Waals surface area contributed by atoms with Crippen LogP contribution >= 0.6 is 0 Å². The molecule has 1 atom stereocenters. The lowest BCUT2D eigenvalue weighted by Gasteiger charge is -2.18. The molecule has 0 aliphatic heterocycles. The second kappa shape index (κ2) is 58.6. The Morgan fingerprint density at radius 3 is 0.901 bits per heavy atom. The first-order chi connectivity index (χ1) is 35.0. The van der Waals surface area contributed by atoms with Crippen LogP contribution in [0.15, 0.2) is 109 Å². The summed E-state index contributed by atoms with van der Waals surface area (Å²) in [6.07, 6.45) is 79.4. The van der Waals surface area contributed by atoms with E-state index in [9.17, 15) is 14.4 Å². The van der Waals surface area contributed by atoms with Gasteiger partial charge < -0.3 is 14.2 Å². The minimum Gasteiger partial charge on any atom is -0.462 e. The van der Waals surface area contributed by atoms with Crippen molar-refractivity contribution in [1.29, 1.82) is 0 Å². The number of carbonyl (C=O) groups is 3. The molecule has 6 heteroatoms. The van der Waals surface area contributed by atoms with Crippen molar-refractivity contribution < 1.29 is 28.6 Å². The summed E-state index contributed by atoms with van der Waals surface area (Å²) >= 11 is 0. The molecule has 0 heterocycles. The van der Waals surface area contributed by atoms with Crippen LogP contribution in [0, 0.1) is 0 Å². The average molecular weight is 986 g/mol. The molecule has 0 fully saturated rings. The van der Waals surface area contributed by atoms with Gasteiger partial charge in [-0.3, -0.25) is 14.4 Å². The molecule has 0 saturated heterocycles. The fourth-order valence-corrected chi connectivity index (χ4v) is 7.89. The Balaban J connectivity index is 4.45. The molecule has 0 aromatic rings. The number of carbonyl (C=O) groups excluding carboxylic acids is 3. The second-order valence-electron chi connectivity index (χ2n) is 19.1. The van der Waals surface area contributed by atoms with E-state index in [0.29, 0.717) is 19.3 Å². The predicted octanol–water partition coefficient (Wildman–Crippen LogP) is 19.9. The van der Waals surface area contributed by atoms with Crippen LogP contribution in [-0.2, 0) is 28.6 Å². The fraction of sp³-hybridized carbons (Fsp3) is 0.677. The first kappa shape index (κ1) is 67.1. The maximum absolute atomic E-state index is 12.9. The number of allylic oxidation sites excluding steroid dienone is 18. The van der Waals surface area contributed by atoms with Crippen LogP contribution in [0.4, 0.5) is 0 Å². The molecule has 0 bridgehead atoms. The van der Waals surface area contributed by atoms with Crippen LogP contribution in [0.25, 0.3) is 0 Å². The van der Waals surface area contributed by atoms with Crippen LogP contribution < -0.4 is 0 Å². The van der Waals surface area contributed by atoms with Crippen molar-refractivity contribution >= 4 is 17.9 Å². The minimum atomic E-state index is -0.803. The Bertz CT molecular complexity index is 1460. The van der Waals surface area contributed by atoms with Gasteiger partial charge in [0.25, 0.3) is 0 Å². The second-order valence-corrected chi connectivity index (χ2v) is 19.1. The zero-order valence-corrected chi connectivity index (χ0v) is 46.2. The monoisotopic (exact) mass is 985 g/mol. The minimum absolute atomic E-state index is 0.0984. The van der Waals surface area contributed by atoms with Crippen LogP contribution in [0.1, 0.15) is 265 Å². The van der Waals surface area contributed by atoms with E-state index in [1.165, 1.54) is 109 Å². The Morgan fingerprint density at radius 1 is 0.296 bits per heavy atom. The van der Waals surface area contributed by atoms with E-state index in [4.69, 9.17) is 14.2 Å². The van der Waals surface area contributed by atoms with E-state index in [1.807, 2.05) is 0 Å². The SMILES string of the molecule is CC/C=C\C/C=C\C/C=C\C/C=C\CCCCCCCCCCC(=O)OCC(COC(=O)CCCC/C=C\C/C=C\C/C=C\C/C=C\CC)OC(=O)CCCCCCCCC/C=C\CCCCCCCC. The quantitative estimate of drug-likeness (QED) is 0.0261. The highest BCUT2D eigenvalue weighted by atomic mass is 16.6. The third-order valence-electron chi connectivity index (χ3n) is 12.2. The summed E-state index contributed by atoms with van der Waals surface area (Å²) in [5, 5.41) is 0. The van der Waals surface area contributed by atoms with E-state index in [0.717, 1.165) is 116 Å². The van der Waals surface area contributed by atoms with E-state index in [-0.39, 0.29) is 31.1 Å². The van der Waals surface area contributed by atoms with Crippen molar-refractivity contribution in [3.05, 3.63) is 109 Å². The molecule has 0 rings (SSSR count). The van der Waals surface area contributed by atoms with E-state index in [2.05, 4.69) is 130 Å². The summed E-state index contributed by atoms with van der Waals surface area (Å²) in [6.45, 7) is 6.37. The molecule has 0 radical (unpaired) electrons. The summed E-state index contributed by atoms with van der Waals surface area (Å²) in [6, 6.07) is 0. The third kappa shape index (κ3) is 56.9. The largest absolute Gasteiger partial charge is 0.462 e. The maximum atomic E-state index is 12.9. The summed E-state index contributed by atoms with van der Waals surface area (Å²) in [5.74, 6) is -0.951. The highest BCUT2D eigenvalue weighted by Crippen LogP contribution is 2.15. The van der Waals surface area contributed by atoms with E-state index < -0.39 is 6.10 Å². The van der Waals surface area contributed by atoms with Crippen molar-refractivity contribution in [2.75, 3.05) is 13.2 Å². The molecule has 0 aliphatic carbocycles. The number of unbranched alkanes of at least 4 members (excludes halogenated alkanes) is 23. The van der Waals surface area contributed by atoms with Crippen molar-refractivity contribution in [3.8, 4) is 0 Å². The zero-order valence-electron chi connectivity index (χ0n) is 46.2. The van der Waals surface area contributed by atoms with Gasteiger partial charge in [-0.1, -0.05) is 233 Å². The van der Waals surface area contributed by atoms with E-state index >= 15 is 0 Å². The Morgan fingerprint density at radius 2 is 0.549 bits per heavy atom. The Hall–Kier alpha value is -3.93. The topological polar surface area (TPSA) is 78.9 Å². The molecule has 0 aliphatic rings. The molecule has 0 amide bonds. The number of esters is 3. The number of hydrogen-bond donors (Lipinski definition) is 0. The average Bonchev–Trinajstić information content (AvgIpc) is 3.37. The molecule has 6 nitrogen and oxygen atoms in total. The molecular weight excluding hydrogens is 877 g/mol. The lowest BCUT2D eigenvalue weighted by molar-refractivity contribution is -0.167. The van der Waals surface area contributed by atoms with Gasteiger partial charge in [-0.15, -0.1) is 0 Å². The molecule has 0 saturated carbocycles. The van der Waals surface area contributed by atoms with Crippen molar-refractivity contribution in [2.45, 2.75) is 271 Å². The molecule has 1 unspecified atom stereocenters. The molecular formula is C65H108O6. The smallest absolute Gasteiger partial charge is 0.306 e. The van der Waals surface area contributed by atoms with Gasteiger partial charge in [-0.25, -0.2) is 0 Å². The highest BCUT2D eigenvalue weighted by molar-refractivity contribution is 5.71. The molecule has 0 aromatic heterocycles. The fourth-order valence-electron chi connectivity index (χ4n) is 7.89. The Labute approximate surface area is 438 Å². The van der Waals surface area contributed by atoms with Gasteiger partial charge in [0, 0.05) is 19.3 Å². The molecule has 0 aromatic carbocycles. The predicted molar refractivity (Wildman–Crippen MR) is 307 cm³/mol. The van der Waals surface area contributed by atoms with Crippen molar-refractivity contribution in [2.24, 2.45) is 0 Å². The van der Waals surface area contributed by atoms with Gasteiger partial charge in [0.2, 0.25) is 0 Å². The summed E-state index contributed by atoms with van der Waals surface area (Å²) in [7, 11) is 0. The van der Waals surface area contributed by atoms with Crippen LogP contribution in [0.5, 0.6) is 0 Å². The summed E-state index contributed by atoms with van der Waals surface area (Å²) in [4.78, 5) is 38.2. The van der Waals surface area contributed by atoms with Gasteiger partial charge >= 0.3 is 17.9 Å². The van der Waals surface area contributed by atoms with Gasteiger partial charge in [0.15, 0.2) is 6.10 Å². The summed E-state index contributed by atoms with van der Waals surface area (Å²) < 4.78 is 16.8.